The van der Waals surface area contributed by atoms with E-state index < -0.39 is 34.0 Å². The van der Waals surface area contributed by atoms with Crippen molar-refractivity contribution in [2.75, 3.05) is 0 Å². The van der Waals surface area contributed by atoms with Crippen molar-refractivity contribution < 1.29 is 35.8 Å². The van der Waals surface area contributed by atoms with Gasteiger partial charge in [-0.3, -0.25) is 0 Å². The van der Waals surface area contributed by atoms with E-state index in [0.29, 0.717) is 11.5 Å². The third kappa shape index (κ3) is 7.47. The molecule has 0 aliphatic carbocycles. The molecule has 0 aliphatic rings. The second kappa shape index (κ2) is 11.3. The molecule has 0 bridgehead atoms. The minimum atomic E-state index is -4.63. The van der Waals surface area contributed by atoms with Crippen molar-refractivity contribution in [2.24, 2.45) is 0 Å². The van der Waals surface area contributed by atoms with Gasteiger partial charge in [0.05, 0.1) is 34.3 Å². The molecule has 204 valence electrons. The van der Waals surface area contributed by atoms with Crippen molar-refractivity contribution in [1.82, 2.24) is 19.9 Å². The van der Waals surface area contributed by atoms with E-state index in [1.165, 1.54) is 24.3 Å². The number of nitrogens with zero attached hydrogens (tertiary/aromatic N) is 4. The Kier molecular flexibility index (Phi) is 8.77. The summed E-state index contributed by atoms with van der Waals surface area (Å²) in [5.41, 5.74) is -1.62. The van der Waals surface area contributed by atoms with Crippen molar-refractivity contribution in [3.8, 4) is 11.5 Å². The summed E-state index contributed by atoms with van der Waals surface area (Å²) in [6.45, 7) is 7.32. The highest BCUT2D eigenvalue weighted by atomic mass is 35.5. The molecular formula is C24H20Cl2F6N4O2. The van der Waals surface area contributed by atoms with Crippen LogP contribution in [0.1, 0.15) is 39.1 Å². The van der Waals surface area contributed by atoms with Gasteiger partial charge in [-0.15, -0.1) is 0 Å². The number of aromatic nitrogens is 4. The Morgan fingerprint density at radius 1 is 0.579 bits per heavy atom. The van der Waals surface area contributed by atoms with Crippen LogP contribution in [0.25, 0.3) is 22.1 Å². The molecule has 4 aromatic rings. The van der Waals surface area contributed by atoms with E-state index >= 15 is 0 Å². The van der Waals surface area contributed by atoms with Crippen LogP contribution in [0.4, 0.5) is 26.3 Å². The predicted octanol–water partition coefficient (Wildman–Crippen LogP) is 8.18. The van der Waals surface area contributed by atoms with E-state index in [1.54, 1.807) is 12.1 Å². The molecule has 0 saturated carbocycles. The van der Waals surface area contributed by atoms with Gasteiger partial charge in [-0.05, 0) is 52.0 Å². The number of fused-ring (bicyclic) bond motifs is 2. The van der Waals surface area contributed by atoms with Gasteiger partial charge in [0.1, 0.15) is 11.5 Å². The van der Waals surface area contributed by atoms with Crippen LogP contribution in [0.2, 0.25) is 10.3 Å². The molecule has 0 spiro atoms. The number of benzene rings is 2. The summed E-state index contributed by atoms with van der Waals surface area (Å²) in [7, 11) is 0. The minimum Gasteiger partial charge on any atom is -0.491 e. The molecule has 14 heteroatoms. The molecule has 2 aromatic heterocycles. The van der Waals surface area contributed by atoms with Gasteiger partial charge >= 0.3 is 12.4 Å². The number of hydrogen-bond donors (Lipinski definition) is 0. The van der Waals surface area contributed by atoms with Gasteiger partial charge in [0.15, 0.2) is 21.7 Å². The van der Waals surface area contributed by atoms with Gasteiger partial charge in [0, 0.05) is 12.1 Å². The Bertz CT molecular complexity index is 1450. The van der Waals surface area contributed by atoms with E-state index in [0.717, 1.165) is 0 Å². The first-order valence-corrected chi connectivity index (χ1v) is 11.7. The zero-order valence-corrected chi connectivity index (χ0v) is 21.8. The van der Waals surface area contributed by atoms with Crippen molar-refractivity contribution in [2.45, 2.75) is 52.3 Å². The van der Waals surface area contributed by atoms with Gasteiger partial charge in [0.25, 0.3) is 0 Å². The van der Waals surface area contributed by atoms with Gasteiger partial charge in [-0.25, -0.2) is 19.9 Å². The quantitative estimate of drug-likeness (QED) is 0.227. The summed E-state index contributed by atoms with van der Waals surface area (Å²) in [6.07, 6.45) is -9.38. The second-order valence-electron chi connectivity index (χ2n) is 8.36. The van der Waals surface area contributed by atoms with Crippen molar-refractivity contribution in [3.63, 3.8) is 0 Å². The summed E-state index contributed by atoms with van der Waals surface area (Å²) >= 11 is 11.0. The Hall–Kier alpha value is -3.12. The Labute approximate surface area is 222 Å². The number of rotatable bonds is 4. The van der Waals surface area contributed by atoms with Crippen LogP contribution in [-0.4, -0.2) is 32.1 Å². The lowest BCUT2D eigenvalue weighted by molar-refractivity contribution is -0.141. The van der Waals surface area contributed by atoms with Gasteiger partial charge in [-0.2, -0.15) is 26.3 Å². The molecule has 0 unspecified atom stereocenters. The highest BCUT2D eigenvalue weighted by molar-refractivity contribution is 6.30. The first-order valence-electron chi connectivity index (χ1n) is 11.0. The number of ether oxygens (including phenoxy) is 2. The lowest BCUT2D eigenvalue weighted by Crippen LogP contribution is -2.10. The minimum absolute atomic E-state index is 0.0460. The third-order valence-electron chi connectivity index (χ3n) is 4.47. The monoisotopic (exact) mass is 580 g/mol. The summed E-state index contributed by atoms with van der Waals surface area (Å²) < 4.78 is 86.7. The highest BCUT2D eigenvalue weighted by Gasteiger charge is 2.37. The van der Waals surface area contributed by atoms with E-state index in [4.69, 9.17) is 32.7 Å². The lowest BCUT2D eigenvalue weighted by atomic mass is 10.2. The summed E-state index contributed by atoms with van der Waals surface area (Å²) in [6, 6.07) is 9.02. The van der Waals surface area contributed by atoms with Crippen LogP contribution in [0.15, 0.2) is 36.4 Å². The van der Waals surface area contributed by atoms with Gasteiger partial charge in [0.2, 0.25) is 0 Å². The van der Waals surface area contributed by atoms with Crippen LogP contribution in [0.3, 0.4) is 0 Å². The number of hydrogen-bond acceptors (Lipinski definition) is 6. The van der Waals surface area contributed by atoms with Crippen molar-refractivity contribution in [1.29, 1.82) is 0 Å². The molecular weight excluding hydrogens is 561 g/mol. The number of halogens is 8. The maximum Gasteiger partial charge on any atom is 0.436 e. The zero-order chi connectivity index (χ0) is 28.4. The Morgan fingerprint density at radius 3 is 1.32 bits per heavy atom. The van der Waals surface area contributed by atoms with Crippen LogP contribution in [0, 0.1) is 0 Å². The lowest BCUT2D eigenvalue weighted by Gasteiger charge is -2.11. The maximum atomic E-state index is 12.7. The highest BCUT2D eigenvalue weighted by Crippen LogP contribution is 2.35. The smallest absolute Gasteiger partial charge is 0.436 e. The Balaban J connectivity index is 0.000000211. The average Bonchev–Trinajstić information content (AvgIpc) is 2.76. The van der Waals surface area contributed by atoms with Crippen molar-refractivity contribution >= 4 is 45.3 Å². The molecule has 6 nitrogen and oxygen atoms in total. The average molecular weight is 581 g/mol. The largest absolute Gasteiger partial charge is 0.491 e. The third-order valence-corrected chi connectivity index (χ3v) is 4.99. The van der Waals surface area contributed by atoms with E-state index in [2.05, 4.69) is 19.9 Å². The van der Waals surface area contributed by atoms with Crippen LogP contribution < -0.4 is 9.47 Å². The standard InChI is InChI=1S/2C12H10ClF3N2O/c1-6(2)19-7-3-4-8-9(5-7)17-10(11(13)18-8)12(14,15)16;1-6(2)19-7-3-4-8-9(5-7)18-11(13)10(17-8)12(14,15)16/h2*3-6H,1-2H3. The summed E-state index contributed by atoms with van der Waals surface area (Å²) in [5.74, 6) is 0.944. The molecule has 2 heterocycles. The van der Waals surface area contributed by atoms with E-state index in [1.807, 2.05) is 27.7 Å². The first kappa shape index (κ1) is 29.4. The molecule has 0 N–H and O–H groups in total. The van der Waals surface area contributed by atoms with Gasteiger partial charge < -0.3 is 9.47 Å². The number of alkyl halides is 6. The molecule has 4 rings (SSSR count). The van der Waals surface area contributed by atoms with Crippen LogP contribution >= 0.6 is 23.2 Å². The second-order valence-corrected chi connectivity index (χ2v) is 9.07. The van der Waals surface area contributed by atoms with Gasteiger partial charge in [-0.1, -0.05) is 23.2 Å². The Morgan fingerprint density at radius 2 is 0.921 bits per heavy atom. The molecule has 0 radical (unpaired) electrons. The first-order chi connectivity index (χ1) is 17.5. The molecule has 0 saturated heterocycles. The fourth-order valence-electron chi connectivity index (χ4n) is 3.08. The molecule has 0 aliphatic heterocycles. The van der Waals surface area contributed by atoms with E-state index in [9.17, 15) is 26.3 Å². The van der Waals surface area contributed by atoms with Crippen LogP contribution in [0.5, 0.6) is 11.5 Å². The normalized spacial score (nSPS) is 12.2. The molecule has 0 atom stereocenters. The maximum absolute atomic E-state index is 12.7. The molecule has 0 amide bonds. The SMILES string of the molecule is CC(C)Oc1ccc2nc(C(F)(F)F)c(Cl)nc2c1.CC(C)Oc1ccc2nc(Cl)c(C(F)(F)F)nc2c1. The summed E-state index contributed by atoms with van der Waals surface area (Å²) in [4.78, 5) is 14.4. The molecule has 0 fully saturated rings. The van der Waals surface area contributed by atoms with Crippen LogP contribution in [-0.2, 0) is 12.4 Å². The fourth-order valence-corrected chi connectivity index (χ4v) is 3.56. The fraction of sp³-hybridized carbons (Fsp3) is 0.333. The zero-order valence-electron chi connectivity index (χ0n) is 20.2. The predicted molar refractivity (Wildman–Crippen MR) is 131 cm³/mol. The van der Waals surface area contributed by atoms with E-state index in [-0.39, 0.29) is 34.3 Å². The van der Waals surface area contributed by atoms with Crippen molar-refractivity contribution in [3.05, 3.63) is 58.1 Å². The molecule has 2 aromatic carbocycles. The molecule has 38 heavy (non-hydrogen) atoms. The summed E-state index contributed by atoms with van der Waals surface area (Å²) in [5, 5.41) is -1.32. The topological polar surface area (TPSA) is 70.0 Å².